The lowest BCUT2D eigenvalue weighted by molar-refractivity contribution is -0.118. The van der Waals surface area contributed by atoms with Gasteiger partial charge in [0.15, 0.2) is 5.78 Å². The quantitative estimate of drug-likeness (QED) is 0.489. The van der Waals surface area contributed by atoms with Gasteiger partial charge in [-0.1, -0.05) is 81.0 Å². The van der Waals surface area contributed by atoms with Gasteiger partial charge < -0.3 is 15.7 Å². The van der Waals surface area contributed by atoms with Crippen molar-refractivity contribution < 1.29 is 19.5 Å². The summed E-state index contributed by atoms with van der Waals surface area (Å²) in [5.74, 6) is 0.579. The van der Waals surface area contributed by atoms with Crippen LogP contribution in [0.3, 0.4) is 0 Å². The second kappa shape index (κ2) is 12.9. The number of carbonyl (C=O) groups excluding carboxylic acids is 3. The van der Waals surface area contributed by atoms with Gasteiger partial charge in [0.25, 0.3) is 5.91 Å². The predicted molar refractivity (Wildman–Crippen MR) is 138 cm³/mol. The molecule has 2 heterocycles. The van der Waals surface area contributed by atoms with Gasteiger partial charge in [0.1, 0.15) is 11.3 Å². The number of Topliss-reactive ketones (excluding diaryl/α,β-unsaturated/α-hetero) is 1. The highest BCUT2D eigenvalue weighted by Crippen LogP contribution is 2.44. The SMILES string of the molecule is CC[C@H]1C[C@H]2C=CC=CC=CC(=O)NCCC[C@@H]3NC(=O)C(=C(O)C=CC=CC=C[C@H]2[C@@H]1C)C3=O. The molecule has 1 saturated heterocycles. The lowest BCUT2D eigenvalue weighted by Crippen LogP contribution is -2.30. The molecule has 2 fully saturated rings. The predicted octanol–water partition coefficient (Wildman–Crippen LogP) is 4.41. The van der Waals surface area contributed by atoms with Crippen molar-refractivity contribution in [2.45, 2.75) is 45.6 Å². The molecule has 35 heavy (non-hydrogen) atoms. The third-order valence-electron chi connectivity index (χ3n) is 7.12. The van der Waals surface area contributed by atoms with Gasteiger partial charge in [0.2, 0.25) is 5.91 Å². The molecule has 0 radical (unpaired) electrons. The fourth-order valence-electron chi connectivity index (χ4n) is 5.12. The first-order valence-corrected chi connectivity index (χ1v) is 12.5. The van der Waals surface area contributed by atoms with E-state index < -0.39 is 17.7 Å². The van der Waals surface area contributed by atoms with Crippen LogP contribution in [0.5, 0.6) is 0 Å². The molecule has 0 spiro atoms. The Labute approximate surface area is 207 Å². The van der Waals surface area contributed by atoms with Gasteiger partial charge in [-0.2, -0.15) is 0 Å². The molecule has 2 amide bonds. The summed E-state index contributed by atoms with van der Waals surface area (Å²) in [6, 6.07) is -0.691. The van der Waals surface area contributed by atoms with Crippen molar-refractivity contribution in [1.29, 1.82) is 0 Å². The van der Waals surface area contributed by atoms with Crippen LogP contribution in [-0.4, -0.2) is 35.3 Å². The van der Waals surface area contributed by atoms with E-state index in [2.05, 4.69) is 42.7 Å². The number of aliphatic hydroxyl groups excluding tert-OH is 1. The summed E-state index contributed by atoms with van der Waals surface area (Å²) in [6.45, 7) is 4.94. The van der Waals surface area contributed by atoms with Crippen molar-refractivity contribution in [2.24, 2.45) is 23.7 Å². The highest BCUT2D eigenvalue weighted by molar-refractivity contribution is 6.27. The molecular formula is C29H36N2O4. The van der Waals surface area contributed by atoms with E-state index in [4.69, 9.17) is 0 Å². The zero-order valence-electron chi connectivity index (χ0n) is 20.5. The zero-order chi connectivity index (χ0) is 25.2. The molecule has 3 rings (SSSR count). The summed E-state index contributed by atoms with van der Waals surface area (Å²) >= 11 is 0. The van der Waals surface area contributed by atoms with Crippen LogP contribution in [-0.2, 0) is 14.4 Å². The minimum absolute atomic E-state index is 0.213. The standard InChI is InChI=1S/C29H36N2O4/c1-3-21-19-22-13-8-4-7-11-17-26(33)30-18-12-15-24-28(34)27(29(35)31-24)25(32)16-10-6-5-9-14-23(22)20(21)2/h4-11,13-14,16-17,20-24,32H,3,12,15,18-19H2,1-2H3,(H,30,33)(H,31,35)/t20-,21+,22-,23+,24+/m1/s1. The van der Waals surface area contributed by atoms with Gasteiger partial charge >= 0.3 is 0 Å². The Morgan fingerprint density at radius 2 is 1.63 bits per heavy atom. The molecule has 3 aliphatic rings. The third-order valence-corrected chi connectivity index (χ3v) is 7.12. The van der Waals surface area contributed by atoms with E-state index in [1.54, 1.807) is 18.2 Å². The topological polar surface area (TPSA) is 95.5 Å². The van der Waals surface area contributed by atoms with E-state index >= 15 is 0 Å². The van der Waals surface area contributed by atoms with Crippen LogP contribution < -0.4 is 10.6 Å². The van der Waals surface area contributed by atoms with Crippen LogP contribution in [0.25, 0.3) is 0 Å². The Kier molecular flexibility index (Phi) is 9.65. The third kappa shape index (κ3) is 7.04. The van der Waals surface area contributed by atoms with Gasteiger partial charge in [0.05, 0.1) is 6.04 Å². The maximum absolute atomic E-state index is 12.6. The lowest BCUT2D eigenvalue weighted by atomic mass is 9.87. The van der Waals surface area contributed by atoms with E-state index in [1.807, 2.05) is 24.3 Å². The van der Waals surface area contributed by atoms with E-state index in [-0.39, 0.29) is 17.2 Å². The summed E-state index contributed by atoms with van der Waals surface area (Å²) in [5.41, 5.74) is -0.215. The van der Waals surface area contributed by atoms with Crippen LogP contribution in [0.2, 0.25) is 0 Å². The first-order valence-electron chi connectivity index (χ1n) is 12.5. The molecule has 0 aromatic rings. The van der Waals surface area contributed by atoms with Crippen molar-refractivity contribution in [3.63, 3.8) is 0 Å². The molecule has 2 aliphatic heterocycles. The van der Waals surface area contributed by atoms with Gasteiger partial charge in [-0.3, -0.25) is 14.4 Å². The smallest absolute Gasteiger partial charge is 0.259 e. The molecule has 6 heteroatoms. The van der Waals surface area contributed by atoms with Crippen molar-refractivity contribution in [1.82, 2.24) is 10.6 Å². The summed E-state index contributed by atoms with van der Waals surface area (Å²) in [7, 11) is 0. The Morgan fingerprint density at radius 3 is 2.37 bits per heavy atom. The highest BCUT2D eigenvalue weighted by Gasteiger charge is 2.38. The van der Waals surface area contributed by atoms with Crippen LogP contribution in [0, 0.1) is 23.7 Å². The number of hydrogen-bond donors (Lipinski definition) is 3. The van der Waals surface area contributed by atoms with E-state index in [9.17, 15) is 19.5 Å². The number of allylic oxidation sites excluding steroid dienone is 11. The monoisotopic (exact) mass is 476 g/mol. The molecule has 1 aliphatic carbocycles. The number of fused-ring (bicyclic) bond motifs is 3. The van der Waals surface area contributed by atoms with E-state index in [0.717, 1.165) is 12.8 Å². The maximum atomic E-state index is 12.6. The molecule has 6 nitrogen and oxygen atoms in total. The second-order valence-electron chi connectivity index (χ2n) is 9.35. The summed E-state index contributed by atoms with van der Waals surface area (Å²) in [6.07, 6.45) is 25.4. The zero-order valence-corrected chi connectivity index (χ0v) is 20.5. The number of amides is 2. The van der Waals surface area contributed by atoms with Gasteiger partial charge in [-0.15, -0.1) is 0 Å². The normalized spacial score (nSPS) is 30.5. The molecule has 186 valence electrons. The number of carbonyl (C=O) groups is 3. The Bertz CT molecular complexity index is 1010. The number of nitrogens with one attached hydrogen (secondary N) is 2. The molecule has 0 unspecified atom stereocenters. The number of rotatable bonds is 1. The summed E-state index contributed by atoms with van der Waals surface area (Å²) in [5, 5.41) is 15.7. The molecule has 0 aromatic heterocycles. The first kappa shape index (κ1) is 26.2. The fourth-order valence-corrected chi connectivity index (χ4v) is 5.12. The summed E-state index contributed by atoms with van der Waals surface area (Å²) < 4.78 is 0. The molecule has 1 saturated carbocycles. The molecule has 0 aromatic carbocycles. The van der Waals surface area contributed by atoms with Crippen molar-refractivity contribution in [3.8, 4) is 0 Å². The Hall–Kier alpha value is -3.41. The van der Waals surface area contributed by atoms with Gasteiger partial charge in [-0.05, 0) is 49.0 Å². The van der Waals surface area contributed by atoms with Crippen molar-refractivity contribution in [2.75, 3.05) is 6.54 Å². The van der Waals surface area contributed by atoms with Crippen LogP contribution in [0.1, 0.15) is 39.5 Å². The average molecular weight is 477 g/mol. The average Bonchev–Trinajstić information content (AvgIpc) is 3.29. The number of aliphatic hydroxyl groups is 1. The van der Waals surface area contributed by atoms with E-state index in [1.165, 1.54) is 12.2 Å². The minimum Gasteiger partial charge on any atom is -0.507 e. The first-order chi connectivity index (χ1) is 16.9. The molecule has 2 bridgehead atoms. The minimum atomic E-state index is -0.691. The molecule has 3 N–H and O–H groups in total. The fraction of sp³-hybridized carbons (Fsp3) is 0.414. The number of hydrogen-bond acceptors (Lipinski definition) is 4. The highest BCUT2D eigenvalue weighted by atomic mass is 16.3. The van der Waals surface area contributed by atoms with Crippen LogP contribution in [0.15, 0.2) is 84.2 Å². The van der Waals surface area contributed by atoms with E-state index in [0.29, 0.717) is 43.1 Å². The van der Waals surface area contributed by atoms with Gasteiger partial charge in [0, 0.05) is 12.6 Å². The maximum Gasteiger partial charge on any atom is 0.259 e. The molecule has 5 atom stereocenters. The van der Waals surface area contributed by atoms with Crippen LogP contribution in [0.4, 0.5) is 0 Å². The van der Waals surface area contributed by atoms with Gasteiger partial charge in [-0.25, -0.2) is 0 Å². The Morgan fingerprint density at radius 1 is 0.943 bits per heavy atom. The summed E-state index contributed by atoms with van der Waals surface area (Å²) in [4.78, 5) is 36.8. The van der Waals surface area contributed by atoms with Crippen molar-refractivity contribution >= 4 is 17.6 Å². The second-order valence-corrected chi connectivity index (χ2v) is 9.35. The lowest BCUT2D eigenvalue weighted by Gasteiger charge is -2.18. The van der Waals surface area contributed by atoms with Crippen molar-refractivity contribution in [3.05, 3.63) is 84.2 Å². The largest absolute Gasteiger partial charge is 0.507 e. The Balaban J connectivity index is 1.80. The number of ketones is 1. The van der Waals surface area contributed by atoms with Crippen LogP contribution >= 0.6 is 0 Å². The molecular weight excluding hydrogens is 440 g/mol.